The van der Waals surface area contributed by atoms with Gasteiger partial charge in [0.2, 0.25) is 0 Å². The van der Waals surface area contributed by atoms with Gasteiger partial charge in [-0.05, 0) is 33.7 Å². The second-order valence-electron chi connectivity index (χ2n) is 6.58. The molecule has 0 aromatic carbocycles. The SMILES string of the molecule is CCN1CCN(C(CN)CCNC(=O)OC(C)(C)C)CC1. The van der Waals surface area contributed by atoms with E-state index >= 15 is 0 Å². The largest absolute Gasteiger partial charge is 0.444 e. The number of amides is 1. The summed E-state index contributed by atoms with van der Waals surface area (Å²) in [6, 6.07) is 0.332. The standard InChI is InChI=1S/C15H32N4O2/c1-5-18-8-10-19(11-9-18)13(12-16)6-7-17-14(20)21-15(2,3)4/h13H,5-12,16H2,1-4H3,(H,17,20). The van der Waals surface area contributed by atoms with Crippen LogP contribution in [0, 0.1) is 0 Å². The van der Waals surface area contributed by atoms with Gasteiger partial charge in [-0.1, -0.05) is 6.92 Å². The predicted octanol–water partition coefficient (Wildman–Crippen LogP) is 0.866. The molecule has 1 unspecified atom stereocenters. The molecule has 124 valence electrons. The molecular weight excluding hydrogens is 268 g/mol. The zero-order valence-corrected chi connectivity index (χ0v) is 14.0. The van der Waals surface area contributed by atoms with Crippen molar-refractivity contribution in [1.29, 1.82) is 0 Å². The van der Waals surface area contributed by atoms with Crippen LogP contribution in [0.3, 0.4) is 0 Å². The maximum absolute atomic E-state index is 11.6. The van der Waals surface area contributed by atoms with Crippen molar-refractivity contribution in [2.24, 2.45) is 5.73 Å². The Hall–Kier alpha value is -0.850. The van der Waals surface area contributed by atoms with Gasteiger partial charge in [0.15, 0.2) is 0 Å². The van der Waals surface area contributed by atoms with Gasteiger partial charge in [-0.15, -0.1) is 0 Å². The topological polar surface area (TPSA) is 70.8 Å². The number of carbonyl (C=O) groups is 1. The van der Waals surface area contributed by atoms with E-state index in [9.17, 15) is 4.79 Å². The summed E-state index contributed by atoms with van der Waals surface area (Å²) < 4.78 is 5.23. The van der Waals surface area contributed by atoms with Crippen LogP contribution in [0.4, 0.5) is 4.79 Å². The lowest BCUT2D eigenvalue weighted by Crippen LogP contribution is -2.52. The van der Waals surface area contributed by atoms with Crippen molar-refractivity contribution in [3.63, 3.8) is 0 Å². The Morgan fingerprint density at radius 3 is 2.38 bits per heavy atom. The summed E-state index contributed by atoms with van der Waals surface area (Å²) in [6.07, 6.45) is 0.510. The second-order valence-corrected chi connectivity index (χ2v) is 6.58. The maximum Gasteiger partial charge on any atom is 0.407 e. The Morgan fingerprint density at radius 1 is 1.29 bits per heavy atom. The van der Waals surface area contributed by atoms with E-state index in [4.69, 9.17) is 10.5 Å². The van der Waals surface area contributed by atoms with Crippen molar-refractivity contribution < 1.29 is 9.53 Å². The molecule has 0 aromatic rings. The third-order valence-electron chi connectivity index (χ3n) is 3.79. The quantitative estimate of drug-likeness (QED) is 0.761. The number of nitrogens with one attached hydrogen (secondary N) is 1. The van der Waals surface area contributed by atoms with Crippen molar-refractivity contribution >= 4 is 6.09 Å². The molecule has 1 heterocycles. The first-order valence-corrected chi connectivity index (χ1v) is 7.99. The normalized spacial score (nSPS) is 19.3. The molecule has 0 spiro atoms. The van der Waals surface area contributed by atoms with Crippen LogP contribution >= 0.6 is 0 Å². The Morgan fingerprint density at radius 2 is 1.90 bits per heavy atom. The average Bonchev–Trinajstić information content (AvgIpc) is 2.42. The smallest absolute Gasteiger partial charge is 0.407 e. The number of carbonyl (C=O) groups excluding carboxylic acids is 1. The second kappa shape index (κ2) is 8.56. The molecule has 1 fully saturated rings. The average molecular weight is 300 g/mol. The van der Waals surface area contributed by atoms with Crippen molar-refractivity contribution in [2.75, 3.05) is 45.8 Å². The molecule has 1 saturated heterocycles. The minimum absolute atomic E-state index is 0.332. The first-order valence-electron chi connectivity index (χ1n) is 7.99. The molecule has 6 nitrogen and oxygen atoms in total. The van der Waals surface area contributed by atoms with E-state index in [0.29, 0.717) is 19.1 Å². The molecule has 1 aliphatic heterocycles. The van der Waals surface area contributed by atoms with E-state index in [-0.39, 0.29) is 6.09 Å². The van der Waals surface area contributed by atoms with E-state index in [0.717, 1.165) is 39.1 Å². The Bertz CT molecular complexity index is 309. The van der Waals surface area contributed by atoms with Crippen molar-refractivity contribution in [3.8, 4) is 0 Å². The molecule has 0 aromatic heterocycles. The maximum atomic E-state index is 11.6. The molecule has 1 rings (SSSR count). The van der Waals surface area contributed by atoms with Crippen LogP contribution in [-0.4, -0.2) is 73.3 Å². The molecular formula is C15H32N4O2. The highest BCUT2D eigenvalue weighted by Crippen LogP contribution is 2.09. The highest BCUT2D eigenvalue weighted by Gasteiger charge is 2.22. The van der Waals surface area contributed by atoms with E-state index in [1.807, 2.05) is 20.8 Å². The number of hydrogen-bond acceptors (Lipinski definition) is 5. The highest BCUT2D eigenvalue weighted by molar-refractivity contribution is 5.67. The van der Waals surface area contributed by atoms with Crippen molar-refractivity contribution in [2.45, 2.75) is 45.8 Å². The number of ether oxygens (including phenoxy) is 1. The highest BCUT2D eigenvalue weighted by atomic mass is 16.6. The van der Waals surface area contributed by atoms with Crippen LogP contribution in [0.2, 0.25) is 0 Å². The molecule has 6 heteroatoms. The van der Waals surface area contributed by atoms with Gasteiger partial charge < -0.3 is 20.7 Å². The van der Waals surface area contributed by atoms with E-state index in [1.165, 1.54) is 0 Å². The van der Waals surface area contributed by atoms with Gasteiger partial charge in [-0.25, -0.2) is 4.79 Å². The number of hydrogen-bond donors (Lipinski definition) is 2. The van der Waals surface area contributed by atoms with Crippen LogP contribution in [-0.2, 0) is 4.74 Å². The van der Waals surface area contributed by atoms with Crippen LogP contribution in [0.15, 0.2) is 0 Å². The van der Waals surface area contributed by atoms with Crippen molar-refractivity contribution in [1.82, 2.24) is 15.1 Å². The third kappa shape index (κ3) is 7.11. The Balaban J connectivity index is 2.27. The van der Waals surface area contributed by atoms with Crippen molar-refractivity contribution in [3.05, 3.63) is 0 Å². The van der Waals surface area contributed by atoms with Gasteiger partial charge in [-0.2, -0.15) is 0 Å². The summed E-state index contributed by atoms with van der Waals surface area (Å²) in [7, 11) is 0. The summed E-state index contributed by atoms with van der Waals surface area (Å²) in [5.41, 5.74) is 5.44. The molecule has 3 N–H and O–H groups in total. The van der Waals surface area contributed by atoms with Gasteiger partial charge in [0.05, 0.1) is 0 Å². The summed E-state index contributed by atoms with van der Waals surface area (Å²) >= 11 is 0. The molecule has 1 atom stereocenters. The van der Waals surface area contributed by atoms with Gasteiger partial charge in [-0.3, -0.25) is 4.90 Å². The van der Waals surface area contributed by atoms with Crippen LogP contribution in [0.25, 0.3) is 0 Å². The number of alkyl carbamates (subject to hydrolysis) is 1. The number of nitrogens with two attached hydrogens (primary N) is 1. The molecule has 1 amide bonds. The zero-order chi connectivity index (χ0) is 15.9. The predicted molar refractivity (Wildman–Crippen MR) is 85.4 cm³/mol. The number of likely N-dealkylation sites (N-methyl/N-ethyl adjacent to an activating group) is 1. The minimum Gasteiger partial charge on any atom is -0.444 e. The number of piperazine rings is 1. The van der Waals surface area contributed by atoms with Gasteiger partial charge in [0.25, 0.3) is 0 Å². The molecule has 21 heavy (non-hydrogen) atoms. The molecule has 1 aliphatic rings. The van der Waals surface area contributed by atoms with Crippen LogP contribution in [0.1, 0.15) is 34.1 Å². The number of nitrogens with zero attached hydrogens (tertiary/aromatic N) is 2. The third-order valence-corrected chi connectivity index (χ3v) is 3.79. The minimum atomic E-state index is -0.451. The monoisotopic (exact) mass is 300 g/mol. The molecule has 0 aliphatic carbocycles. The molecule has 0 bridgehead atoms. The fourth-order valence-electron chi connectivity index (χ4n) is 2.55. The number of rotatable bonds is 6. The van der Waals surface area contributed by atoms with E-state index in [2.05, 4.69) is 22.0 Å². The Kier molecular flexibility index (Phi) is 7.42. The fraction of sp³-hybridized carbons (Fsp3) is 0.933. The zero-order valence-electron chi connectivity index (χ0n) is 14.0. The Labute approximate surface area is 129 Å². The molecule has 0 radical (unpaired) electrons. The van der Waals surface area contributed by atoms with E-state index < -0.39 is 5.60 Å². The summed E-state index contributed by atoms with van der Waals surface area (Å²) in [4.78, 5) is 16.5. The van der Waals surface area contributed by atoms with Crippen LogP contribution in [0.5, 0.6) is 0 Å². The van der Waals surface area contributed by atoms with Gasteiger partial charge in [0, 0.05) is 45.3 Å². The van der Waals surface area contributed by atoms with Gasteiger partial charge >= 0.3 is 6.09 Å². The first kappa shape index (κ1) is 18.2. The lowest BCUT2D eigenvalue weighted by Gasteiger charge is -2.38. The van der Waals surface area contributed by atoms with Crippen LogP contribution < -0.4 is 11.1 Å². The molecule has 0 saturated carbocycles. The van der Waals surface area contributed by atoms with Gasteiger partial charge in [0.1, 0.15) is 5.60 Å². The summed E-state index contributed by atoms with van der Waals surface area (Å²) in [5, 5.41) is 2.81. The van der Waals surface area contributed by atoms with E-state index in [1.54, 1.807) is 0 Å². The lowest BCUT2D eigenvalue weighted by atomic mass is 10.1. The summed E-state index contributed by atoms with van der Waals surface area (Å²) in [6.45, 7) is 14.5. The summed E-state index contributed by atoms with van der Waals surface area (Å²) in [5.74, 6) is 0. The lowest BCUT2D eigenvalue weighted by molar-refractivity contribution is 0.0515. The first-order chi connectivity index (χ1) is 9.85. The fourth-order valence-corrected chi connectivity index (χ4v) is 2.55.